The van der Waals surface area contributed by atoms with E-state index >= 15 is 0 Å². The predicted molar refractivity (Wildman–Crippen MR) is 96.4 cm³/mol. The van der Waals surface area contributed by atoms with Gasteiger partial charge in [-0.1, -0.05) is 6.07 Å². The first-order chi connectivity index (χ1) is 11.9. The average Bonchev–Trinajstić information content (AvgIpc) is 2.60. The van der Waals surface area contributed by atoms with Crippen molar-refractivity contribution in [1.82, 2.24) is 9.80 Å². The number of benzene rings is 1. The number of hydrogen-bond acceptors (Lipinski definition) is 2. The Balaban J connectivity index is 1.79. The maximum absolute atomic E-state index is 13.3. The van der Waals surface area contributed by atoms with Crippen molar-refractivity contribution in [2.75, 3.05) is 26.7 Å². The summed E-state index contributed by atoms with van der Waals surface area (Å²) >= 11 is 0. The average molecular weight is 352 g/mol. The van der Waals surface area contributed by atoms with Crippen molar-refractivity contribution >= 4 is 5.91 Å². The summed E-state index contributed by atoms with van der Waals surface area (Å²) in [4.78, 5) is 16.6. The highest BCUT2D eigenvalue weighted by Gasteiger charge is 2.23. The molecule has 0 aromatic heterocycles. The molecule has 1 amide bonds. The van der Waals surface area contributed by atoms with Crippen LogP contribution >= 0.6 is 0 Å². The molecule has 1 aliphatic heterocycles. The van der Waals surface area contributed by atoms with Crippen LogP contribution in [-0.2, 0) is 11.2 Å². The molecule has 1 saturated heterocycles. The molecule has 0 unspecified atom stereocenters. The number of piperidine rings is 1. The smallest absolute Gasteiger partial charge is 0.223 e. The summed E-state index contributed by atoms with van der Waals surface area (Å²) in [6, 6.07) is 4.56. The van der Waals surface area contributed by atoms with Gasteiger partial charge in [0.1, 0.15) is 0 Å². The van der Waals surface area contributed by atoms with Crippen molar-refractivity contribution < 1.29 is 13.6 Å². The van der Waals surface area contributed by atoms with Crippen molar-refractivity contribution in [2.45, 2.75) is 52.0 Å². The topological polar surface area (TPSA) is 23.6 Å². The molecule has 1 heterocycles. The van der Waals surface area contributed by atoms with Gasteiger partial charge in [-0.15, -0.1) is 0 Å². The Kier molecular flexibility index (Phi) is 7.36. The zero-order valence-corrected chi connectivity index (χ0v) is 15.6. The fourth-order valence-corrected chi connectivity index (χ4v) is 3.28. The molecule has 1 aromatic carbocycles. The van der Waals surface area contributed by atoms with Crippen molar-refractivity contribution in [1.29, 1.82) is 0 Å². The number of amides is 1. The van der Waals surface area contributed by atoms with E-state index in [0.29, 0.717) is 18.4 Å². The molecule has 0 spiro atoms. The van der Waals surface area contributed by atoms with Gasteiger partial charge in [-0.25, -0.2) is 8.78 Å². The summed E-state index contributed by atoms with van der Waals surface area (Å²) in [6.45, 7) is 6.66. The normalized spacial score (nSPS) is 18.2. The van der Waals surface area contributed by atoms with Crippen LogP contribution in [0.4, 0.5) is 8.78 Å². The van der Waals surface area contributed by atoms with Crippen LogP contribution in [0.1, 0.15) is 45.1 Å². The molecule has 1 fully saturated rings. The maximum Gasteiger partial charge on any atom is 0.223 e. The molecule has 0 bridgehead atoms. The van der Waals surface area contributed by atoms with E-state index in [9.17, 15) is 13.6 Å². The molecule has 0 saturated carbocycles. The van der Waals surface area contributed by atoms with E-state index in [4.69, 9.17) is 0 Å². The molecule has 1 aliphatic rings. The highest BCUT2D eigenvalue weighted by Crippen LogP contribution is 2.22. The number of likely N-dealkylation sites (tertiary alicyclic amines) is 1. The van der Waals surface area contributed by atoms with E-state index in [-0.39, 0.29) is 5.91 Å². The Labute approximate surface area is 150 Å². The van der Waals surface area contributed by atoms with Crippen LogP contribution in [-0.4, -0.2) is 48.4 Å². The zero-order valence-electron chi connectivity index (χ0n) is 15.6. The number of hydrogen-bond donors (Lipinski definition) is 0. The van der Waals surface area contributed by atoms with Crippen LogP contribution in [0, 0.1) is 17.6 Å². The third kappa shape index (κ3) is 6.07. The molecule has 5 heteroatoms. The van der Waals surface area contributed by atoms with Crippen LogP contribution in [0.5, 0.6) is 0 Å². The largest absolute Gasteiger partial charge is 0.342 e. The Hall–Kier alpha value is -1.49. The van der Waals surface area contributed by atoms with Crippen molar-refractivity contribution in [3.8, 4) is 0 Å². The van der Waals surface area contributed by atoms with E-state index in [1.165, 1.54) is 12.1 Å². The molecule has 0 N–H and O–H groups in total. The summed E-state index contributed by atoms with van der Waals surface area (Å²) in [7, 11) is 2.04. The van der Waals surface area contributed by atoms with Crippen LogP contribution < -0.4 is 0 Å². The molecule has 1 atom stereocenters. The Morgan fingerprint density at radius 2 is 2.08 bits per heavy atom. The maximum atomic E-state index is 13.3. The molecule has 140 valence electrons. The first-order valence-corrected chi connectivity index (χ1v) is 9.28. The number of carbonyl (C=O) groups is 1. The lowest BCUT2D eigenvalue weighted by molar-refractivity contribution is -0.133. The SMILES string of the molecule is CC(C)N(C)CCC(=O)N1CCC[C@@H](CCc2ccc(F)c(F)c2)C1. The van der Waals surface area contributed by atoms with Gasteiger partial charge in [0.15, 0.2) is 11.6 Å². The first-order valence-electron chi connectivity index (χ1n) is 9.28. The third-order valence-corrected chi connectivity index (χ3v) is 5.26. The first kappa shape index (κ1) is 19.8. The molecule has 25 heavy (non-hydrogen) atoms. The van der Waals surface area contributed by atoms with E-state index in [0.717, 1.165) is 50.9 Å². The molecule has 0 aliphatic carbocycles. The van der Waals surface area contributed by atoms with Gasteiger partial charge in [-0.3, -0.25) is 4.79 Å². The van der Waals surface area contributed by atoms with Crippen molar-refractivity contribution in [3.05, 3.63) is 35.4 Å². The number of nitrogens with zero attached hydrogens (tertiary/aromatic N) is 2. The lowest BCUT2D eigenvalue weighted by Crippen LogP contribution is -2.41. The van der Waals surface area contributed by atoms with E-state index in [1.807, 2.05) is 11.9 Å². The minimum Gasteiger partial charge on any atom is -0.342 e. The minimum atomic E-state index is -0.801. The van der Waals surface area contributed by atoms with E-state index in [1.54, 1.807) is 6.07 Å². The molecule has 0 radical (unpaired) electrons. The second-order valence-corrected chi connectivity index (χ2v) is 7.46. The predicted octanol–water partition coefficient (Wildman–Crippen LogP) is 3.87. The van der Waals surface area contributed by atoms with Gasteiger partial charge in [-0.2, -0.15) is 0 Å². The molecule has 3 nitrogen and oxygen atoms in total. The Morgan fingerprint density at radius 1 is 1.32 bits per heavy atom. The summed E-state index contributed by atoms with van der Waals surface area (Å²) in [6.07, 6.45) is 4.30. The molecule has 1 aromatic rings. The standard InChI is InChI=1S/C20H30F2N2O/c1-15(2)23(3)12-10-20(25)24-11-4-5-17(14-24)7-6-16-8-9-18(21)19(22)13-16/h8-9,13,15,17H,4-7,10-12,14H2,1-3H3/t17-/m0/s1. The third-order valence-electron chi connectivity index (χ3n) is 5.26. The Bertz CT molecular complexity index is 577. The minimum absolute atomic E-state index is 0.227. The zero-order chi connectivity index (χ0) is 18.4. The number of carbonyl (C=O) groups excluding carboxylic acids is 1. The van der Waals surface area contributed by atoms with Gasteiger partial charge in [0, 0.05) is 32.1 Å². The van der Waals surface area contributed by atoms with E-state index < -0.39 is 11.6 Å². The van der Waals surface area contributed by atoms with Gasteiger partial charge in [0.2, 0.25) is 5.91 Å². The van der Waals surface area contributed by atoms with Crippen molar-refractivity contribution in [2.24, 2.45) is 5.92 Å². The van der Waals surface area contributed by atoms with Gasteiger partial charge in [0.05, 0.1) is 0 Å². The summed E-state index contributed by atoms with van der Waals surface area (Å²) in [5.41, 5.74) is 0.820. The number of halogens is 2. The van der Waals surface area contributed by atoms with Crippen LogP contribution in [0.25, 0.3) is 0 Å². The fourth-order valence-electron chi connectivity index (χ4n) is 3.28. The van der Waals surface area contributed by atoms with Gasteiger partial charge in [-0.05, 0) is 70.2 Å². The fraction of sp³-hybridized carbons (Fsp3) is 0.650. The second kappa shape index (κ2) is 9.27. The monoisotopic (exact) mass is 352 g/mol. The summed E-state index contributed by atoms with van der Waals surface area (Å²) < 4.78 is 26.3. The van der Waals surface area contributed by atoms with Crippen LogP contribution in [0.3, 0.4) is 0 Å². The molecule has 2 rings (SSSR count). The Morgan fingerprint density at radius 3 is 2.76 bits per heavy atom. The van der Waals surface area contributed by atoms with Crippen LogP contribution in [0.2, 0.25) is 0 Å². The van der Waals surface area contributed by atoms with Crippen molar-refractivity contribution in [3.63, 3.8) is 0 Å². The second-order valence-electron chi connectivity index (χ2n) is 7.46. The molecular weight excluding hydrogens is 322 g/mol. The number of aryl methyl sites for hydroxylation is 1. The highest BCUT2D eigenvalue weighted by atomic mass is 19.2. The lowest BCUT2D eigenvalue weighted by atomic mass is 9.91. The highest BCUT2D eigenvalue weighted by molar-refractivity contribution is 5.76. The van der Waals surface area contributed by atoms with Crippen LogP contribution in [0.15, 0.2) is 18.2 Å². The lowest BCUT2D eigenvalue weighted by Gasteiger charge is -2.33. The van der Waals surface area contributed by atoms with Gasteiger partial charge < -0.3 is 9.80 Å². The van der Waals surface area contributed by atoms with E-state index in [2.05, 4.69) is 18.7 Å². The summed E-state index contributed by atoms with van der Waals surface area (Å²) in [5, 5.41) is 0. The quantitative estimate of drug-likeness (QED) is 0.744. The van der Waals surface area contributed by atoms with Gasteiger partial charge >= 0.3 is 0 Å². The summed E-state index contributed by atoms with van der Waals surface area (Å²) in [5.74, 6) is -0.921. The number of rotatable bonds is 7. The molecular formula is C20H30F2N2O. The van der Waals surface area contributed by atoms with Gasteiger partial charge in [0.25, 0.3) is 0 Å².